The fourth-order valence-electron chi connectivity index (χ4n) is 4.94. The third-order valence-corrected chi connectivity index (χ3v) is 7.58. The summed E-state index contributed by atoms with van der Waals surface area (Å²) in [6.07, 6.45) is 7.92. The van der Waals surface area contributed by atoms with Gasteiger partial charge in [0.05, 0.1) is 11.5 Å². The summed E-state index contributed by atoms with van der Waals surface area (Å²) in [5.74, 6) is 1.65. The number of hydrogen-bond donors (Lipinski definition) is 0. The van der Waals surface area contributed by atoms with E-state index in [9.17, 15) is 0 Å². The first-order valence-corrected chi connectivity index (χ1v) is 11.6. The monoisotopic (exact) mass is 413 g/mol. The van der Waals surface area contributed by atoms with Crippen LogP contribution in [0.5, 0.6) is 0 Å². The van der Waals surface area contributed by atoms with E-state index in [4.69, 9.17) is 4.42 Å². The largest absolute Gasteiger partial charge is 0.461 e. The topological polar surface area (TPSA) is 43.9 Å². The summed E-state index contributed by atoms with van der Waals surface area (Å²) in [7, 11) is 0. The lowest BCUT2D eigenvalue weighted by Crippen LogP contribution is -2.15. The molecule has 0 N–H and O–H groups in total. The molecule has 2 aliphatic rings. The van der Waals surface area contributed by atoms with Gasteiger partial charge < -0.3 is 4.42 Å². The molecule has 2 aromatic heterocycles. The number of aromatic nitrogens is 3. The molecule has 0 bridgehead atoms. The third kappa shape index (κ3) is 2.91. The van der Waals surface area contributed by atoms with Gasteiger partial charge in [-0.2, -0.15) is 0 Å². The zero-order valence-electron chi connectivity index (χ0n) is 16.7. The second-order valence-electron chi connectivity index (χ2n) is 8.12. The van der Waals surface area contributed by atoms with Gasteiger partial charge in [0.1, 0.15) is 0 Å². The van der Waals surface area contributed by atoms with Crippen LogP contribution < -0.4 is 0 Å². The van der Waals surface area contributed by atoms with E-state index in [0.717, 1.165) is 16.7 Å². The maximum atomic E-state index is 5.71. The van der Waals surface area contributed by atoms with Gasteiger partial charge in [-0.1, -0.05) is 79.6 Å². The Morgan fingerprint density at radius 3 is 2.17 bits per heavy atom. The Hall–Kier alpha value is -2.79. The summed E-state index contributed by atoms with van der Waals surface area (Å²) in [6, 6.07) is 21.8. The van der Waals surface area contributed by atoms with E-state index in [-0.39, 0.29) is 5.25 Å². The van der Waals surface area contributed by atoms with Gasteiger partial charge in [0.15, 0.2) is 10.9 Å². The van der Waals surface area contributed by atoms with E-state index in [2.05, 4.69) is 63.3 Å². The predicted octanol–water partition coefficient (Wildman–Crippen LogP) is 6.91. The molecule has 0 spiro atoms. The molecule has 0 aliphatic heterocycles. The normalized spacial score (nSPS) is 16.5. The van der Waals surface area contributed by atoms with Crippen molar-refractivity contribution < 1.29 is 4.42 Å². The molecule has 5 heteroatoms. The van der Waals surface area contributed by atoms with Crippen molar-refractivity contribution in [2.75, 3.05) is 0 Å². The van der Waals surface area contributed by atoms with Gasteiger partial charge in [0.25, 0.3) is 0 Å². The minimum Gasteiger partial charge on any atom is -0.461 e. The van der Waals surface area contributed by atoms with Crippen LogP contribution in [0, 0.1) is 0 Å². The molecule has 150 valence electrons. The van der Waals surface area contributed by atoms with Crippen molar-refractivity contribution in [3.8, 4) is 22.7 Å². The number of thioether (sulfide) groups is 1. The van der Waals surface area contributed by atoms with Crippen molar-refractivity contribution in [2.45, 2.75) is 48.6 Å². The quantitative estimate of drug-likeness (QED) is 0.365. The average molecular weight is 414 g/mol. The Kier molecular flexibility index (Phi) is 4.49. The van der Waals surface area contributed by atoms with E-state index < -0.39 is 0 Å². The fraction of sp³-hybridized carbons (Fsp3) is 0.280. The van der Waals surface area contributed by atoms with Gasteiger partial charge in [-0.15, -0.1) is 10.2 Å². The number of nitrogens with zero attached hydrogens (tertiary/aromatic N) is 3. The van der Waals surface area contributed by atoms with Gasteiger partial charge in [-0.3, -0.25) is 4.57 Å². The molecule has 0 atom stereocenters. The molecule has 2 heterocycles. The summed E-state index contributed by atoms with van der Waals surface area (Å²) in [6.45, 7) is 0. The van der Waals surface area contributed by atoms with Crippen molar-refractivity contribution in [3.05, 3.63) is 78.1 Å². The van der Waals surface area contributed by atoms with E-state index in [1.54, 1.807) is 6.26 Å². The van der Waals surface area contributed by atoms with Crippen LogP contribution in [0.4, 0.5) is 0 Å². The van der Waals surface area contributed by atoms with Crippen molar-refractivity contribution in [1.82, 2.24) is 14.8 Å². The minimum absolute atomic E-state index is 0.230. The standard InChI is InChI=1S/C25H23N3OS/c1-2-9-17(10-3-1)28-24(22-15-8-16-29-22)26-27-25(28)30-23-20-13-6-4-11-18(20)19-12-5-7-14-21(19)23/h4-8,11-17,23H,1-3,9-10H2. The van der Waals surface area contributed by atoms with E-state index in [1.165, 1.54) is 54.4 Å². The molecule has 4 aromatic rings. The van der Waals surface area contributed by atoms with E-state index in [0.29, 0.717) is 6.04 Å². The smallest absolute Gasteiger partial charge is 0.200 e. The molecular formula is C25H23N3OS. The van der Waals surface area contributed by atoms with Crippen LogP contribution in [0.1, 0.15) is 54.5 Å². The van der Waals surface area contributed by atoms with E-state index in [1.807, 2.05) is 23.9 Å². The third-order valence-electron chi connectivity index (χ3n) is 6.35. The lowest BCUT2D eigenvalue weighted by Gasteiger charge is -2.26. The van der Waals surface area contributed by atoms with Crippen LogP contribution >= 0.6 is 11.8 Å². The maximum absolute atomic E-state index is 5.71. The molecule has 30 heavy (non-hydrogen) atoms. The summed E-state index contributed by atoms with van der Waals surface area (Å²) >= 11 is 1.82. The van der Waals surface area contributed by atoms with Crippen LogP contribution in [-0.2, 0) is 0 Å². The second-order valence-corrected chi connectivity index (χ2v) is 9.19. The lowest BCUT2D eigenvalue weighted by atomic mass is 9.95. The lowest BCUT2D eigenvalue weighted by molar-refractivity contribution is 0.337. The van der Waals surface area contributed by atoms with E-state index >= 15 is 0 Å². The van der Waals surface area contributed by atoms with Crippen molar-refractivity contribution in [2.24, 2.45) is 0 Å². The highest BCUT2D eigenvalue weighted by atomic mass is 32.2. The molecule has 1 fully saturated rings. The molecule has 2 aromatic carbocycles. The van der Waals surface area contributed by atoms with Gasteiger partial charge in [-0.05, 0) is 47.2 Å². The Morgan fingerprint density at radius 2 is 1.50 bits per heavy atom. The molecule has 6 rings (SSSR count). The Balaban J connectivity index is 1.45. The highest BCUT2D eigenvalue weighted by Crippen LogP contribution is 2.52. The summed E-state index contributed by atoms with van der Waals surface area (Å²) in [4.78, 5) is 0. The Bertz CT molecular complexity index is 1130. The molecule has 4 nitrogen and oxygen atoms in total. The average Bonchev–Trinajstić information content (AvgIpc) is 3.53. The first-order chi connectivity index (χ1) is 14.9. The zero-order valence-corrected chi connectivity index (χ0v) is 17.5. The van der Waals surface area contributed by atoms with Gasteiger partial charge in [-0.25, -0.2) is 0 Å². The van der Waals surface area contributed by atoms with Gasteiger partial charge >= 0.3 is 0 Å². The zero-order chi connectivity index (χ0) is 19.9. The SMILES string of the molecule is c1coc(-c2nnc(SC3c4ccccc4-c4ccccc43)n2C2CCCCC2)c1. The van der Waals surface area contributed by atoms with Crippen molar-refractivity contribution in [1.29, 1.82) is 0 Å². The molecule has 0 saturated heterocycles. The molecule has 0 radical (unpaired) electrons. The molecule has 0 unspecified atom stereocenters. The van der Waals surface area contributed by atoms with Crippen LogP contribution in [0.2, 0.25) is 0 Å². The molecular weight excluding hydrogens is 390 g/mol. The summed E-state index contributed by atoms with van der Waals surface area (Å²) < 4.78 is 8.07. The molecule has 1 saturated carbocycles. The maximum Gasteiger partial charge on any atom is 0.200 e. The number of benzene rings is 2. The molecule has 2 aliphatic carbocycles. The summed E-state index contributed by atoms with van der Waals surface area (Å²) in [5.41, 5.74) is 5.39. The number of furan rings is 1. The van der Waals surface area contributed by atoms with Crippen LogP contribution in [-0.4, -0.2) is 14.8 Å². The van der Waals surface area contributed by atoms with Crippen molar-refractivity contribution in [3.63, 3.8) is 0 Å². The fourth-order valence-corrected chi connectivity index (χ4v) is 6.25. The first kappa shape index (κ1) is 18.0. The van der Waals surface area contributed by atoms with Gasteiger partial charge in [0, 0.05) is 6.04 Å². The first-order valence-electron chi connectivity index (χ1n) is 10.7. The Labute approximate surface area is 180 Å². The van der Waals surface area contributed by atoms with Crippen LogP contribution in [0.15, 0.2) is 76.5 Å². The van der Waals surface area contributed by atoms with Crippen LogP contribution in [0.25, 0.3) is 22.7 Å². The summed E-state index contributed by atoms with van der Waals surface area (Å²) in [5, 5.41) is 10.5. The van der Waals surface area contributed by atoms with Crippen molar-refractivity contribution >= 4 is 11.8 Å². The predicted molar refractivity (Wildman–Crippen MR) is 119 cm³/mol. The Morgan fingerprint density at radius 1 is 0.800 bits per heavy atom. The van der Waals surface area contributed by atoms with Crippen LogP contribution in [0.3, 0.4) is 0 Å². The van der Waals surface area contributed by atoms with Gasteiger partial charge in [0.2, 0.25) is 5.82 Å². The molecule has 0 amide bonds. The number of hydrogen-bond acceptors (Lipinski definition) is 4. The highest BCUT2D eigenvalue weighted by molar-refractivity contribution is 7.99. The second kappa shape index (κ2) is 7.47. The minimum atomic E-state index is 0.230. The number of rotatable bonds is 4. The highest BCUT2D eigenvalue weighted by Gasteiger charge is 2.32. The number of fused-ring (bicyclic) bond motifs is 3.